The van der Waals surface area contributed by atoms with Gasteiger partial charge >= 0.3 is 29.6 Å². The average Bonchev–Trinajstić information content (AvgIpc) is 2.04. The number of piperazine rings is 1. The molecule has 0 N–H and O–H groups in total. The number of carboxylic acid groups (broad SMARTS) is 1. The maximum atomic E-state index is 10.8. The maximum absolute atomic E-state index is 10.8. The van der Waals surface area contributed by atoms with Crippen molar-refractivity contribution in [1.29, 1.82) is 0 Å². The van der Waals surface area contributed by atoms with Crippen LogP contribution in [-0.4, -0.2) is 54.9 Å². The maximum Gasteiger partial charge on any atom is 1.00 e. The largest absolute Gasteiger partial charge is 1.00 e. The van der Waals surface area contributed by atoms with Crippen LogP contribution in [0.3, 0.4) is 0 Å². The summed E-state index contributed by atoms with van der Waals surface area (Å²) >= 11 is 0. The zero-order valence-electron chi connectivity index (χ0n) is 7.95. The van der Waals surface area contributed by atoms with E-state index in [1.165, 1.54) is 4.90 Å². The molecule has 5 nitrogen and oxygen atoms in total. The van der Waals surface area contributed by atoms with E-state index >= 15 is 0 Å². The molecule has 0 aromatic rings. The molecule has 1 saturated heterocycles. The summed E-state index contributed by atoms with van der Waals surface area (Å²) in [6.45, 7) is 2.39. The normalized spacial score (nSPS) is 17.8. The van der Waals surface area contributed by atoms with Crippen molar-refractivity contribution in [1.82, 2.24) is 9.80 Å². The quantitative estimate of drug-likeness (QED) is 0.285. The Morgan fingerprint density at radius 1 is 1.15 bits per heavy atom. The van der Waals surface area contributed by atoms with Crippen molar-refractivity contribution < 1.29 is 44.3 Å². The first-order valence-corrected chi connectivity index (χ1v) is 3.80. The van der Waals surface area contributed by atoms with Gasteiger partial charge < -0.3 is 19.7 Å². The van der Waals surface area contributed by atoms with Gasteiger partial charge in [-0.05, 0) is 7.05 Å². The number of aliphatic carboxylic acids is 1. The molecule has 1 fully saturated rings. The predicted octanol–water partition coefficient (Wildman–Crippen LogP) is -5.49. The minimum atomic E-state index is -1.61. The number of carbonyl (C=O) groups is 2. The van der Waals surface area contributed by atoms with E-state index in [4.69, 9.17) is 0 Å². The molecule has 13 heavy (non-hydrogen) atoms. The van der Waals surface area contributed by atoms with Crippen molar-refractivity contribution in [2.75, 3.05) is 33.2 Å². The zero-order chi connectivity index (χ0) is 9.14. The Bertz CT molecular complexity index is 202. The fourth-order valence-corrected chi connectivity index (χ4v) is 1.14. The second-order valence-electron chi connectivity index (χ2n) is 2.88. The van der Waals surface area contributed by atoms with Crippen molar-refractivity contribution in [3.8, 4) is 0 Å². The van der Waals surface area contributed by atoms with Gasteiger partial charge in [-0.25, -0.2) is 0 Å². The van der Waals surface area contributed by atoms with Gasteiger partial charge in [-0.15, -0.1) is 0 Å². The van der Waals surface area contributed by atoms with E-state index in [0.29, 0.717) is 13.1 Å². The molecule has 1 aliphatic heterocycles. The fourth-order valence-electron chi connectivity index (χ4n) is 1.14. The molecule has 1 rings (SSSR count). The molecule has 6 heteroatoms. The SMILES string of the molecule is CN1CCN(C(=O)C(=O)[O-])CC1.[Na+]. The molecule has 0 atom stereocenters. The molecule has 0 radical (unpaired) electrons. The monoisotopic (exact) mass is 194 g/mol. The molecule has 0 spiro atoms. The first-order chi connectivity index (χ1) is 5.61. The van der Waals surface area contributed by atoms with Gasteiger partial charge in [0.1, 0.15) is 5.97 Å². The molecule has 0 aliphatic carbocycles. The van der Waals surface area contributed by atoms with Gasteiger partial charge in [0.2, 0.25) is 0 Å². The van der Waals surface area contributed by atoms with Crippen molar-refractivity contribution in [2.24, 2.45) is 0 Å². The number of hydrogen-bond acceptors (Lipinski definition) is 4. The second-order valence-corrected chi connectivity index (χ2v) is 2.88. The average molecular weight is 194 g/mol. The third-order valence-corrected chi connectivity index (χ3v) is 1.97. The van der Waals surface area contributed by atoms with Gasteiger partial charge in [-0.1, -0.05) is 0 Å². The van der Waals surface area contributed by atoms with Crippen molar-refractivity contribution >= 4 is 11.9 Å². The van der Waals surface area contributed by atoms with E-state index < -0.39 is 11.9 Å². The van der Waals surface area contributed by atoms with Crippen LogP contribution in [0, 0.1) is 0 Å². The van der Waals surface area contributed by atoms with Crippen molar-refractivity contribution in [3.63, 3.8) is 0 Å². The molecule has 68 valence electrons. The van der Waals surface area contributed by atoms with E-state index in [-0.39, 0.29) is 29.6 Å². The Morgan fingerprint density at radius 2 is 1.62 bits per heavy atom. The van der Waals surface area contributed by atoms with Gasteiger partial charge in [0.15, 0.2) is 0 Å². The third-order valence-electron chi connectivity index (χ3n) is 1.97. The van der Waals surface area contributed by atoms with Crippen LogP contribution in [0.4, 0.5) is 0 Å². The van der Waals surface area contributed by atoms with E-state index in [1.807, 2.05) is 11.9 Å². The second kappa shape index (κ2) is 5.59. The standard InChI is InChI=1S/C7H12N2O3.Na/c1-8-2-4-9(5-3-8)6(10)7(11)12;/h2-5H2,1H3,(H,11,12);/q;+1/p-1. The molecule has 0 unspecified atom stereocenters. The Morgan fingerprint density at radius 3 is 2.00 bits per heavy atom. The van der Waals surface area contributed by atoms with E-state index in [1.54, 1.807) is 0 Å². The molecule has 0 aromatic carbocycles. The number of carboxylic acids is 1. The fraction of sp³-hybridized carbons (Fsp3) is 0.714. The summed E-state index contributed by atoms with van der Waals surface area (Å²) in [5.74, 6) is -2.51. The van der Waals surface area contributed by atoms with Crippen LogP contribution < -0.4 is 34.7 Å². The molecule has 1 aliphatic rings. The summed E-state index contributed by atoms with van der Waals surface area (Å²) in [6, 6.07) is 0. The van der Waals surface area contributed by atoms with E-state index in [0.717, 1.165) is 13.1 Å². The number of nitrogens with zero attached hydrogens (tertiary/aromatic N) is 2. The summed E-state index contributed by atoms with van der Waals surface area (Å²) in [6.07, 6.45) is 0. The van der Waals surface area contributed by atoms with Gasteiger partial charge in [0.05, 0.1) is 0 Å². The van der Waals surface area contributed by atoms with E-state index in [2.05, 4.69) is 0 Å². The Kier molecular flexibility index (Phi) is 5.55. The smallest absolute Gasteiger partial charge is 0.540 e. The summed E-state index contributed by atoms with van der Waals surface area (Å²) in [5.41, 5.74) is 0. The van der Waals surface area contributed by atoms with Crippen molar-refractivity contribution in [2.45, 2.75) is 0 Å². The Hall–Kier alpha value is -0.100. The van der Waals surface area contributed by atoms with Crippen LogP contribution in [0.5, 0.6) is 0 Å². The molecule has 0 saturated carbocycles. The van der Waals surface area contributed by atoms with Crippen LogP contribution in [0.2, 0.25) is 0 Å². The van der Waals surface area contributed by atoms with Crippen LogP contribution >= 0.6 is 0 Å². The summed E-state index contributed by atoms with van der Waals surface area (Å²) < 4.78 is 0. The Balaban J connectivity index is 0.00000144. The predicted molar refractivity (Wildman–Crippen MR) is 39.1 cm³/mol. The Labute approximate surface area is 99.0 Å². The van der Waals surface area contributed by atoms with Gasteiger partial charge in [0, 0.05) is 26.2 Å². The molecule has 0 aromatic heterocycles. The zero-order valence-corrected chi connectivity index (χ0v) is 9.95. The van der Waals surface area contributed by atoms with Crippen molar-refractivity contribution in [3.05, 3.63) is 0 Å². The number of hydrogen-bond donors (Lipinski definition) is 0. The minimum Gasteiger partial charge on any atom is -0.540 e. The number of carbonyl (C=O) groups excluding carboxylic acids is 2. The number of amides is 1. The summed E-state index contributed by atoms with van der Waals surface area (Å²) in [5, 5.41) is 10.2. The van der Waals surface area contributed by atoms with E-state index in [9.17, 15) is 14.7 Å². The molecule has 1 heterocycles. The summed E-state index contributed by atoms with van der Waals surface area (Å²) in [7, 11) is 1.93. The number of likely N-dealkylation sites (N-methyl/N-ethyl adjacent to an activating group) is 1. The van der Waals surface area contributed by atoms with Gasteiger partial charge in [-0.2, -0.15) is 0 Å². The molecule has 1 amide bonds. The van der Waals surface area contributed by atoms with Gasteiger partial charge in [0.25, 0.3) is 5.91 Å². The minimum absolute atomic E-state index is 0. The van der Waals surface area contributed by atoms with Crippen LogP contribution in [0.25, 0.3) is 0 Å². The number of rotatable bonds is 0. The topological polar surface area (TPSA) is 63.7 Å². The first-order valence-electron chi connectivity index (χ1n) is 3.80. The third kappa shape index (κ3) is 3.64. The van der Waals surface area contributed by atoms with Crippen LogP contribution in [0.1, 0.15) is 0 Å². The molecule has 0 bridgehead atoms. The summed E-state index contributed by atoms with van der Waals surface area (Å²) in [4.78, 5) is 24.4. The molecular formula is C7H11N2NaO3. The van der Waals surface area contributed by atoms with Gasteiger partial charge in [-0.3, -0.25) is 4.79 Å². The van der Waals surface area contributed by atoms with Crippen LogP contribution in [0.15, 0.2) is 0 Å². The molecular weight excluding hydrogens is 183 g/mol. The van der Waals surface area contributed by atoms with Crippen LogP contribution in [-0.2, 0) is 9.59 Å². The first kappa shape index (κ1) is 12.9.